The molecule has 0 aliphatic carbocycles. The average Bonchev–Trinajstić information content (AvgIpc) is 3.21. The van der Waals surface area contributed by atoms with Crippen LogP contribution in [0.3, 0.4) is 0 Å². The maximum atomic E-state index is 12.7. The summed E-state index contributed by atoms with van der Waals surface area (Å²) in [6.07, 6.45) is 2.14. The topological polar surface area (TPSA) is 94.3 Å². The molecule has 1 aliphatic heterocycles. The zero-order valence-electron chi connectivity index (χ0n) is 15.0. The number of nitrogens with one attached hydrogen (secondary N) is 3. The highest BCUT2D eigenvalue weighted by atomic mass is 35.5. The van der Waals surface area contributed by atoms with E-state index in [4.69, 9.17) is 23.2 Å². The summed E-state index contributed by atoms with van der Waals surface area (Å²) < 4.78 is 0. The van der Waals surface area contributed by atoms with Gasteiger partial charge in [0.25, 0.3) is 5.91 Å². The molecule has 1 aromatic heterocycles. The molecule has 9 heteroatoms. The summed E-state index contributed by atoms with van der Waals surface area (Å²) in [4.78, 5) is 41.3. The van der Waals surface area contributed by atoms with Crippen LogP contribution in [0.1, 0.15) is 5.56 Å². The van der Waals surface area contributed by atoms with E-state index in [1.165, 1.54) is 0 Å². The predicted molar refractivity (Wildman–Crippen MR) is 111 cm³/mol. The van der Waals surface area contributed by atoms with Crippen LogP contribution in [0.4, 0.5) is 10.5 Å². The van der Waals surface area contributed by atoms with Gasteiger partial charge in [0, 0.05) is 23.5 Å². The van der Waals surface area contributed by atoms with Crippen molar-refractivity contribution in [2.24, 2.45) is 0 Å². The Morgan fingerprint density at radius 1 is 1.07 bits per heavy atom. The molecule has 2 aromatic carbocycles. The predicted octanol–water partition coefficient (Wildman–Crippen LogP) is 3.58. The number of anilines is 1. The first kappa shape index (κ1) is 19.3. The lowest BCUT2D eigenvalue weighted by atomic mass is 10.1. The standard InChI is InChI=1S/C20H16Cl2N4O3/c21-13-5-3-6-14(22)18(13)25-17(27)10-26-19(28)16(24-20(26)29)8-11-9-23-15-7-2-1-4-12(11)15/h1-7,9,16,23H,8,10H2,(H,24,29)(H,25,27). The third-order valence-corrected chi connectivity index (χ3v) is 5.36. The van der Waals surface area contributed by atoms with Crippen molar-refractivity contribution >= 4 is 57.6 Å². The number of para-hydroxylation sites is 2. The van der Waals surface area contributed by atoms with E-state index in [0.29, 0.717) is 6.42 Å². The van der Waals surface area contributed by atoms with E-state index in [-0.39, 0.29) is 15.7 Å². The third-order valence-electron chi connectivity index (χ3n) is 4.73. The fourth-order valence-corrected chi connectivity index (χ4v) is 3.82. The highest BCUT2D eigenvalue weighted by molar-refractivity contribution is 6.39. The summed E-state index contributed by atoms with van der Waals surface area (Å²) in [5.41, 5.74) is 2.10. The number of aromatic nitrogens is 1. The van der Waals surface area contributed by atoms with Gasteiger partial charge < -0.3 is 15.6 Å². The van der Waals surface area contributed by atoms with Gasteiger partial charge in [-0.1, -0.05) is 47.5 Å². The first-order chi connectivity index (χ1) is 13.9. The molecule has 1 atom stereocenters. The molecule has 4 rings (SSSR count). The Morgan fingerprint density at radius 2 is 1.79 bits per heavy atom. The number of aromatic amines is 1. The van der Waals surface area contributed by atoms with Gasteiger partial charge in [-0.3, -0.25) is 14.5 Å². The van der Waals surface area contributed by atoms with E-state index in [1.807, 2.05) is 30.5 Å². The number of halogens is 2. The first-order valence-electron chi connectivity index (χ1n) is 8.85. The Bertz CT molecular complexity index is 1110. The van der Waals surface area contributed by atoms with Gasteiger partial charge in [-0.15, -0.1) is 0 Å². The Balaban J connectivity index is 1.45. The number of carbonyl (C=O) groups is 3. The van der Waals surface area contributed by atoms with Crippen molar-refractivity contribution in [2.45, 2.75) is 12.5 Å². The van der Waals surface area contributed by atoms with Crippen molar-refractivity contribution in [3.05, 3.63) is 64.3 Å². The monoisotopic (exact) mass is 430 g/mol. The van der Waals surface area contributed by atoms with Gasteiger partial charge in [-0.05, 0) is 23.8 Å². The normalized spacial score (nSPS) is 16.3. The van der Waals surface area contributed by atoms with Gasteiger partial charge >= 0.3 is 6.03 Å². The van der Waals surface area contributed by atoms with Crippen molar-refractivity contribution < 1.29 is 14.4 Å². The minimum Gasteiger partial charge on any atom is -0.361 e. The summed E-state index contributed by atoms with van der Waals surface area (Å²) in [5, 5.41) is 6.70. The molecule has 3 aromatic rings. The number of H-pyrrole nitrogens is 1. The summed E-state index contributed by atoms with van der Waals surface area (Å²) in [5.74, 6) is -1.03. The lowest BCUT2D eigenvalue weighted by molar-refractivity contribution is -0.130. The minimum absolute atomic E-state index is 0.239. The van der Waals surface area contributed by atoms with Crippen LogP contribution in [-0.4, -0.2) is 40.3 Å². The number of rotatable bonds is 5. The van der Waals surface area contributed by atoms with Crippen LogP contribution in [0, 0.1) is 0 Å². The number of fused-ring (bicyclic) bond motifs is 1. The van der Waals surface area contributed by atoms with E-state index in [2.05, 4.69) is 15.6 Å². The highest BCUT2D eigenvalue weighted by Crippen LogP contribution is 2.29. The maximum absolute atomic E-state index is 12.7. The SMILES string of the molecule is O=C(CN1C(=O)NC(Cc2c[nH]c3ccccc23)C1=O)Nc1c(Cl)cccc1Cl. The Kier molecular flexibility index (Phi) is 5.17. The average molecular weight is 431 g/mol. The van der Waals surface area contributed by atoms with E-state index in [1.54, 1.807) is 18.2 Å². The minimum atomic E-state index is -0.738. The van der Waals surface area contributed by atoms with Crippen molar-refractivity contribution in [1.82, 2.24) is 15.2 Å². The lowest BCUT2D eigenvalue weighted by Crippen LogP contribution is -2.38. The Hall–Kier alpha value is -3.03. The fourth-order valence-electron chi connectivity index (χ4n) is 3.33. The molecule has 1 unspecified atom stereocenters. The van der Waals surface area contributed by atoms with E-state index in [9.17, 15) is 14.4 Å². The lowest BCUT2D eigenvalue weighted by Gasteiger charge is -2.14. The molecule has 1 fully saturated rings. The van der Waals surface area contributed by atoms with Crippen LogP contribution in [0.5, 0.6) is 0 Å². The maximum Gasteiger partial charge on any atom is 0.325 e. The number of benzene rings is 2. The molecular weight excluding hydrogens is 415 g/mol. The molecule has 7 nitrogen and oxygen atoms in total. The van der Waals surface area contributed by atoms with Crippen LogP contribution >= 0.6 is 23.2 Å². The second-order valence-corrected chi connectivity index (χ2v) is 7.45. The molecule has 29 heavy (non-hydrogen) atoms. The molecule has 2 heterocycles. The van der Waals surface area contributed by atoms with Gasteiger partial charge in [-0.2, -0.15) is 0 Å². The second-order valence-electron chi connectivity index (χ2n) is 6.63. The molecule has 3 N–H and O–H groups in total. The van der Waals surface area contributed by atoms with Crippen LogP contribution < -0.4 is 10.6 Å². The summed E-state index contributed by atoms with van der Waals surface area (Å²) in [6, 6.07) is 11.2. The van der Waals surface area contributed by atoms with Crippen molar-refractivity contribution in [3.63, 3.8) is 0 Å². The molecule has 0 radical (unpaired) electrons. The largest absolute Gasteiger partial charge is 0.361 e. The van der Waals surface area contributed by atoms with Crippen molar-refractivity contribution in [3.8, 4) is 0 Å². The van der Waals surface area contributed by atoms with Crippen LogP contribution in [0.2, 0.25) is 10.0 Å². The molecule has 0 spiro atoms. The number of imide groups is 1. The van der Waals surface area contributed by atoms with E-state index < -0.39 is 30.4 Å². The Labute approximate surface area is 176 Å². The Morgan fingerprint density at radius 3 is 2.55 bits per heavy atom. The van der Waals surface area contributed by atoms with Gasteiger partial charge in [0.2, 0.25) is 5.91 Å². The molecule has 0 bridgehead atoms. The number of hydrogen-bond donors (Lipinski definition) is 3. The number of amides is 4. The molecular formula is C20H16Cl2N4O3. The van der Waals surface area contributed by atoms with Gasteiger partial charge in [0.05, 0.1) is 15.7 Å². The molecule has 1 saturated heterocycles. The number of hydrogen-bond acceptors (Lipinski definition) is 3. The summed E-state index contributed by atoms with van der Waals surface area (Å²) in [7, 11) is 0. The summed E-state index contributed by atoms with van der Waals surface area (Å²) >= 11 is 12.1. The first-order valence-corrected chi connectivity index (χ1v) is 9.60. The third kappa shape index (κ3) is 3.79. The number of carbonyl (C=O) groups excluding carboxylic acids is 3. The second kappa shape index (κ2) is 7.77. The van der Waals surface area contributed by atoms with E-state index in [0.717, 1.165) is 21.4 Å². The van der Waals surface area contributed by atoms with Crippen molar-refractivity contribution in [1.29, 1.82) is 0 Å². The number of nitrogens with zero attached hydrogens (tertiary/aromatic N) is 1. The van der Waals surface area contributed by atoms with Crippen molar-refractivity contribution in [2.75, 3.05) is 11.9 Å². The highest BCUT2D eigenvalue weighted by Gasteiger charge is 2.39. The zero-order valence-corrected chi connectivity index (χ0v) is 16.6. The fraction of sp³-hybridized carbons (Fsp3) is 0.150. The molecule has 148 valence electrons. The summed E-state index contributed by atoms with van der Waals surface area (Å²) in [6.45, 7) is -0.434. The van der Waals surface area contributed by atoms with Crippen LogP contribution in [0.15, 0.2) is 48.7 Å². The van der Waals surface area contributed by atoms with Crippen LogP contribution in [0.25, 0.3) is 10.9 Å². The van der Waals surface area contributed by atoms with Gasteiger partial charge in [0.1, 0.15) is 12.6 Å². The van der Waals surface area contributed by atoms with Crippen LogP contribution in [-0.2, 0) is 16.0 Å². The number of urea groups is 1. The van der Waals surface area contributed by atoms with Gasteiger partial charge in [-0.25, -0.2) is 4.79 Å². The molecule has 0 saturated carbocycles. The zero-order chi connectivity index (χ0) is 20.5. The van der Waals surface area contributed by atoms with Gasteiger partial charge in [0.15, 0.2) is 0 Å². The molecule has 1 aliphatic rings. The smallest absolute Gasteiger partial charge is 0.325 e. The molecule has 4 amide bonds. The van der Waals surface area contributed by atoms with E-state index >= 15 is 0 Å². The quantitative estimate of drug-likeness (QED) is 0.539.